The molecule has 0 atom stereocenters. The summed E-state index contributed by atoms with van der Waals surface area (Å²) in [6, 6.07) is 5.76. The first-order valence-corrected chi connectivity index (χ1v) is 6.68. The molecule has 0 aliphatic carbocycles. The maximum atomic E-state index is 12.8. The molecule has 0 saturated heterocycles. The van der Waals surface area contributed by atoms with Crippen LogP contribution in [-0.4, -0.2) is 27.0 Å². The second kappa shape index (κ2) is 6.33. The molecule has 0 saturated carbocycles. The monoisotopic (exact) mass is 282 g/mol. The highest BCUT2D eigenvalue weighted by Crippen LogP contribution is 2.20. The van der Waals surface area contributed by atoms with Gasteiger partial charge in [-0.15, -0.1) is 10.2 Å². The van der Waals surface area contributed by atoms with Crippen molar-refractivity contribution in [3.8, 4) is 11.5 Å². The Morgan fingerprint density at radius 2 is 2.05 bits per heavy atom. The molecule has 0 fully saturated rings. The number of rotatable bonds is 6. The van der Waals surface area contributed by atoms with Crippen LogP contribution in [0.1, 0.15) is 12.3 Å². The van der Waals surface area contributed by atoms with Gasteiger partial charge in [0.1, 0.15) is 5.82 Å². The number of hydrogen-bond acceptors (Lipinski definition) is 5. The highest BCUT2D eigenvalue weighted by atomic mass is 32.2. The topological polar surface area (TPSA) is 76.2 Å². The van der Waals surface area contributed by atoms with Crippen LogP contribution < -0.4 is 0 Å². The van der Waals surface area contributed by atoms with Crippen LogP contribution in [0.2, 0.25) is 0 Å². The highest BCUT2D eigenvalue weighted by molar-refractivity contribution is 7.98. The van der Waals surface area contributed by atoms with Crippen LogP contribution in [0.5, 0.6) is 0 Å². The van der Waals surface area contributed by atoms with Crippen molar-refractivity contribution < 1.29 is 18.7 Å². The lowest BCUT2D eigenvalue weighted by molar-refractivity contribution is -0.136. The van der Waals surface area contributed by atoms with Gasteiger partial charge in [0, 0.05) is 11.3 Å². The first-order chi connectivity index (χ1) is 9.15. The van der Waals surface area contributed by atoms with Gasteiger partial charge in [0.25, 0.3) is 0 Å². The van der Waals surface area contributed by atoms with Crippen LogP contribution in [0.25, 0.3) is 11.5 Å². The minimum Gasteiger partial charge on any atom is -0.481 e. The molecular formula is C12H11FN2O3S. The molecule has 2 aromatic rings. The van der Waals surface area contributed by atoms with Gasteiger partial charge in [-0.25, -0.2) is 4.39 Å². The summed E-state index contributed by atoms with van der Waals surface area (Å²) in [6.07, 6.45) is 0.101. The van der Waals surface area contributed by atoms with Crippen LogP contribution in [0.4, 0.5) is 4.39 Å². The number of benzene rings is 1. The van der Waals surface area contributed by atoms with E-state index in [0.717, 1.165) is 0 Å². The van der Waals surface area contributed by atoms with E-state index in [1.165, 1.54) is 23.9 Å². The molecule has 0 spiro atoms. The van der Waals surface area contributed by atoms with Gasteiger partial charge in [0.2, 0.25) is 11.8 Å². The molecule has 2 rings (SSSR count). The zero-order valence-corrected chi connectivity index (χ0v) is 10.7. The lowest BCUT2D eigenvalue weighted by Crippen LogP contribution is -1.96. The largest absolute Gasteiger partial charge is 0.481 e. The minimum atomic E-state index is -0.829. The van der Waals surface area contributed by atoms with Crippen LogP contribution in [0.3, 0.4) is 0 Å². The van der Waals surface area contributed by atoms with Crippen molar-refractivity contribution >= 4 is 17.7 Å². The third-order valence-corrected chi connectivity index (χ3v) is 3.19. The summed E-state index contributed by atoms with van der Waals surface area (Å²) < 4.78 is 18.2. The predicted molar refractivity (Wildman–Crippen MR) is 68.1 cm³/mol. The molecule has 1 aromatic heterocycles. The summed E-state index contributed by atoms with van der Waals surface area (Å²) in [7, 11) is 0. The smallest absolute Gasteiger partial charge is 0.304 e. The van der Waals surface area contributed by atoms with Gasteiger partial charge in [-0.05, 0) is 24.3 Å². The number of aromatic nitrogens is 2. The van der Waals surface area contributed by atoms with Gasteiger partial charge >= 0.3 is 5.97 Å². The Labute approximate surface area is 112 Å². The van der Waals surface area contributed by atoms with E-state index in [1.807, 2.05) is 0 Å². The molecule has 1 heterocycles. The number of carbonyl (C=O) groups is 1. The number of hydrogen-bond donors (Lipinski definition) is 1. The third-order valence-electron chi connectivity index (χ3n) is 2.24. The van der Waals surface area contributed by atoms with Crippen LogP contribution in [0.15, 0.2) is 28.7 Å². The number of thioether (sulfide) groups is 1. The van der Waals surface area contributed by atoms with E-state index >= 15 is 0 Å². The number of halogens is 1. The van der Waals surface area contributed by atoms with Crippen LogP contribution in [-0.2, 0) is 10.5 Å². The molecule has 19 heavy (non-hydrogen) atoms. The predicted octanol–water partition coefficient (Wildman–Crippen LogP) is 2.58. The lowest BCUT2D eigenvalue weighted by Gasteiger charge is -1.95. The van der Waals surface area contributed by atoms with E-state index in [4.69, 9.17) is 9.52 Å². The number of carboxylic acid groups (broad SMARTS) is 1. The molecule has 0 amide bonds. The van der Waals surface area contributed by atoms with E-state index in [9.17, 15) is 9.18 Å². The fourth-order valence-corrected chi connectivity index (χ4v) is 2.09. The minimum absolute atomic E-state index is 0.101. The Bertz CT molecular complexity index is 556. The maximum Gasteiger partial charge on any atom is 0.304 e. The molecule has 0 aliphatic heterocycles. The average molecular weight is 282 g/mol. The van der Waals surface area contributed by atoms with Crippen LogP contribution >= 0.6 is 11.8 Å². The van der Waals surface area contributed by atoms with Crippen molar-refractivity contribution in [2.75, 3.05) is 5.75 Å². The van der Waals surface area contributed by atoms with Crippen molar-refractivity contribution in [1.29, 1.82) is 0 Å². The number of aliphatic carboxylic acids is 1. The Balaban J connectivity index is 1.91. The summed E-state index contributed by atoms with van der Waals surface area (Å²) in [4.78, 5) is 10.3. The van der Waals surface area contributed by atoms with Crippen molar-refractivity contribution in [3.05, 3.63) is 36.0 Å². The Morgan fingerprint density at radius 1 is 1.32 bits per heavy atom. The van der Waals surface area contributed by atoms with Crippen LogP contribution in [0, 0.1) is 5.82 Å². The quantitative estimate of drug-likeness (QED) is 0.821. The van der Waals surface area contributed by atoms with E-state index in [-0.39, 0.29) is 12.2 Å². The molecule has 7 heteroatoms. The molecular weight excluding hydrogens is 271 g/mol. The molecule has 100 valence electrons. The van der Waals surface area contributed by atoms with Gasteiger partial charge in [-0.3, -0.25) is 4.79 Å². The standard InChI is InChI=1S/C12H11FN2O3S/c13-9-3-1-8(2-4-9)12-15-14-10(18-12)7-19-6-5-11(16)17/h1-4H,5-7H2,(H,16,17). The molecule has 0 aliphatic rings. The zero-order chi connectivity index (χ0) is 13.7. The van der Waals surface area contributed by atoms with E-state index in [1.54, 1.807) is 12.1 Å². The Kier molecular flexibility index (Phi) is 4.51. The lowest BCUT2D eigenvalue weighted by atomic mass is 10.2. The van der Waals surface area contributed by atoms with Crippen molar-refractivity contribution in [2.45, 2.75) is 12.2 Å². The number of nitrogens with zero attached hydrogens (tertiary/aromatic N) is 2. The van der Waals surface area contributed by atoms with Gasteiger partial charge in [0.15, 0.2) is 0 Å². The summed E-state index contributed by atoms with van der Waals surface area (Å²) in [5, 5.41) is 16.2. The highest BCUT2D eigenvalue weighted by Gasteiger charge is 2.08. The third kappa shape index (κ3) is 4.06. The van der Waals surface area contributed by atoms with E-state index in [2.05, 4.69) is 10.2 Å². The zero-order valence-electron chi connectivity index (χ0n) is 9.88. The summed E-state index contributed by atoms with van der Waals surface area (Å²) in [6.45, 7) is 0. The van der Waals surface area contributed by atoms with E-state index in [0.29, 0.717) is 28.9 Å². The fraction of sp³-hybridized carbons (Fsp3) is 0.250. The van der Waals surface area contributed by atoms with Crippen molar-refractivity contribution in [1.82, 2.24) is 10.2 Å². The Hall–Kier alpha value is -1.89. The maximum absolute atomic E-state index is 12.8. The molecule has 1 N–H and O–H groups in total. The summed E-state index contributed by atoms with van der Waals surface area (Å²) in [5.41, 5.74) is 0.649. The summed E-state index contributed by atoms with van der Waals surface area (Å²) >= 11 is 1.41. The molecule has 5 nitrogen and oxygen atoms in total. The average Bonchev–Trinajstić information content (AvgIpc) is 2.84. The van der Waals surface area contributed by atoms with Crippen molar-refractivity contribution in [3.63, 3.8) is 0 Å². The normalized spacial score (nSPS) is 10.6. The second-order valence-corrected chi connectivity index (χ2v) is 4.81. The van der Waals surface area contributed by atoms with Gasteiger partial charge in [0.05, 0.1) is 12.2 Å². The number of carboxylic acids is 1. The first kappa shape index (κ1) is 13.5. The molecule has 0 unspecified atom stereocenters. The molecule has 0 radical (unpaired) electrons. The van der Waals surface area contributed by atoms with Gasteiger partial charge in [-0.1, -0.05) is 0 Å². The van der Waals surface area contributed by atoms with Gasteiger partial charge < -0.3 is 9.52 Å². The molecule has 0 bridgehead atoms. The SMILES string of the molecule is O=C(O)CCSCc1nnc(-c2ccc(F)cc2)o1. The first-order valence-electron chi connectivity index (χ1n) is 5.53. The second-order valence-electron chi connectivity index (χ2n) is 3.70. The Morgan fingerprint density at radius 3 is 2.74 bits per heavy atom. The summed E-state index contributed by atoms with van der Waals surface area (Å²) in [5.74, 6) is 0.548. The van der Waals surface area contributed by atoms with E-state index < -0.39 is 5.97 Å². The fourth-order valence-electron chi connectivity index (χ4n) is 1.34. The van der Waals surface area contributed by atoms with Crippen molar-refractivity contribution in [2.24, 2.45) is 0 Å². The molecule has 1 aromatic carbocycles. The van der Waals surface area contributed by atoms with Gasteiger partial charge in [-0.2, -0.15) is 11.8 Å².